The van der Waals surface area contributed by atoms with Crippen LogP contribution in [0.3, 0.4) is 0 Å². The second-order valence-electron chi connectivity index (χ2n) is 4.76. The standard InChI is InChI=1S/C15H11Cl4NS/c16-8-1-2-15-9(5-8)13(3-4-21-15)20-14-7-11(18)10(17)6-12(14)19/h1-2,5-7,13,20H,3-4H2. The third kappa shape index (κ3) is 3.40. The minimum Gasteiger partial charge on any atom is -0.377 e. The van der Waals surface area contributed by atoms with E-state index in [9.17, 15) is 0 Å². The fraction of sp³-hybridized carbons (Fsp3) is 0.200. The van der Waals surface area contributed by atoms with Crippen molar-refractivity contribution >= 4 is 63.9 Å². The number of thioether (sulfide) groups is 1. The first-order valence-corrected chi connectivity index (χ1v) is 8.87. The number of nitrogens with one attached hydrogen (secondary N) is 1. The van der Waals surface area contributed by atoms with Crippen LogP contribution < -0.4 is 5.32 Å². The van der Waals surface area contributed by atoms with Crippen molar-refractivity contribution in [2.75, 3.05) is 11.1 Å². The first kappa shape index (κ1) is 15.6. The van der Waals surface area contributed by atoms with E-state index in [1.807, 2.05) is 23.9 Å². The molecular weight excluding hydrogens is 368 g/mol. The quantitative estimate of drug-likeness (QED) is 0.567. The van der Waals surface area contributed by atoms with Crippen LogP contribution in [0.15, 0.2) is 35.2 Å². The van der Waals surface area contributed by atoms with E-state index in [1.165, 1.54) is 10.5 Å². The summed E-state index contributed by atoms with van der Waals surface area (Å²) in [5.74, 6) is 1.05. The highest BCUT2D eigenvalue weighted by Crippen LogP contribution is 2.41. The normalized spacial score (nSPS) is 17.4. The Bertz CT molecular complexity index is 690. The SMILES string of the molecule is Clc1ccc2c(c1)C(Nc1cc(Cl)c(Cl)cc1Cl)CCS2. The molecule has 0 aromatic heterocycles. The lowest BCUT2D eigenvalue weighted by Gasteiger charge is -2.27. The molecule has 0 amide bonds. The number of anilines is 1. The van der Waals surface area contributed by atoms with Gasteiger partial charge in [0.05, 0.1) is 26.8 Å². The number of hydrogen-bond acceptors (Lipinski definition) is 2. The van der Waals surface area contributed by atoms with E-state index < -0.39 is 0 Å². The van der Waals surface area contributed by atoms with Crippen LogP contribution in [0, 0.1) is 0 Å². The summed E-state index contributed by atoms with van der Waals surface area (Å²) in [4.78, 5) is 1.25. The summed E-state index contributed by atoms with van der Waals surface area (Å²) in [5.41, 5.74) is 1.98. The number of hydrogen-bond donors (Lipinski definition) is 1. The molecule has 1 atom stereocenters. The molecule has 1 N–H and O–H groups in total. The van der Waals surface area contributed by atoms with Crippen LogP contribution in [0.5, 0.6) is 0 Å². The summed E-state index contributed by atoms with van der Waals surface area (Å²) in [5, 5.41) is 5.69. The maximum absolute atomic E-state index is 6.24. The zero-order valence-electron chi connectivity index (χ0n) is 10.8. The van der Waals surface area contributed by atoms with Gasteiger partial charge >= 0.3 is 0 Å². The number of rotatable bonds is 2. The Labute approximate surface area is 147 Å². The van der Waals surface area contributed by atoms with Gasteiger partial charge in [0.1, 0.15) is 0 Å². The summed E-state index contributed by atoms with van der Waals surface area (Å²) >= 11 is 26.2. The van der Waals surface area contributed by atoms with Crippen molar-refractivity contribution in [1.29, 1.82) is 0 Å². The molecule has 0 bridgehead atoms. The zero-order valence-corrected chi connectivity index (χ0v) is 14.6. The van der Waals surface area contributed by atoms with Gasteiger partial charge in [-0.25, -0.2) is 0 Å². The minimum atomic E-state index is 0.162. The smallest absolute Gasteiger partial charge is 0.0653 e. The Morgan fingerprint density at radius 3 is 2.52 bits per heavy atom. The molecule has 1 unspecified atom stereocenters. The third-order valence-corrected chi connectivity index (χ3v) is 5.74. The molecule has 6 heteroatoms. The predicted octanol–water partition coefficient (Wildman–Crippen LogP) is 6.95. The van der Waals surface area contributed by atoms with Gasteiger partial charge in [-0.15, -0.1) is 11.8 Å². The highest BCUT2D eigenvalue weighted by molar-refractivity contribution is 7.99. The van der Waals surface area contributed by atoms with Gasteiger partial charge < -0.3 is 5.32 Å². The lowest BCUT2D eigenvalue weighted by atomic mass is 10.0. The highest BCUT2D eigenvalue weighted by Gasteiger charge is 2.22. The molecule has 1 nitrogen and oxygen atoms in total. The molecule has 110 valence electrons. The fourth-order valence-electron chi connectivity index (χ4n) is 2.34. The Balaban J connectivity index is 1.93. The maximum atomic E-state index is 6.24. The minimum absolute atomic E-state index is 0.162. The van der Waals surface area contributed by atoms with Gasteiger partial charge in [-0.1, -0.05) is 46.4 Å². The maximum Gasteiger partial charge on any atom is 0.0653 e. The summed E-state index contributed by atoms with van der Waals surface area (Å²) < 4.78 is 0. The topological polar surface area (TPSA) is 12.0 Å². The first-order valence-electron chi connectivity index (χ1n) is 6.38. The number of benzene rings is 2. The van der Waals surface area contributed by atoms with Gasteiger partial charge in [0, 0.05) is 15.7 Å². The van der Waals surface area contributed by atoms with Crippen LogP contribution >= 0.6 is 58.2 Å². The Morgan fingerprint density at radius 1 is 0.952 bits per heavy atom. The summed E-state index contributed by atoms with van der Waals surface area (Å²) in [6, 6.07) is 9.57. The average Bonchev–Trinajstić information content (AvgIpc) is 2.45. The molecule has 0 saturated carbocycles. The number of halogens is 4. The molecule has 21 heavy (non-hydrogen) atoms. The van der Waals surface area contributed by atoms with E-state index in [0.29, 0.717) is 15.1 Å². The van der Waals surface area contributed by atoms with E-state index in [0.717, 1.165) is 22.9 Å². The Kier molecular flexibility index (Phi) is 4.82. The van der Waals surface area contributed by atoms with Crippen LogP contribution in [-0.2, 0) is 0 Å². The van der Waals surface area contributed by atoms with Crippen LogP contribution in [0.25, 0.3) is 0 Å². The second-order valence-corrected chi connectivity index (χ2v) is 7.56. The van der Waals surface area contributed by atoms with Crippen molar-refractivity contribution in [3.05, 3.63) is 56.0 Å². The van der Waals surface area contributed by atoms with Crippen molar-refractivity contribution in [3.8, 4) is 0 Å². The largest absolute Gasteiger partial charge is 0.377 e. The Morgan fingerprint density at radius 2 is 1.71 bits per heavy atom. The third-order valence-electron chi connectivity index (χ3n) is 3.35. The van der Waals surface area contributed by atoms with Crippen LogP contribution in [-0.4, -0.2) is 5.75 Å². The van der Waals surface area contributed by atoms with Gasteiger partial charge in [0.25, 0.3) is 0 Å². The van der Waals surface area contributed by atoms with Gasteiger partial charge in [-0.05, 0) is 42.3 Å². The lowest BCUT2D eigenvalue weighted by molar-refractivity contribution is 0.729. The monoisotopic (exact) mass is 377 g/mol. The number of fused-ring (bicyclic) bond motifs is 1. The van der Waals surface area contributed by atoms with Gasteiger partial charge in [-0.3, -0.25) is 0 Å². The first-order chi connectivity index (χ1) is 10.0. The van der Waals surface area contributed by atoms with Crippen molar-refractivity contribution in [3.63, 3.8) is 0 Å². The van der Waals surface area contributed by atoms with Crippen molar-refractivity contribution < 1.29 is 0 Å². The molecule has 3 rings (SSSR count). The lowest BCUT2D eigenvalue weighted by Crippen LogP contribution is -2.16. The highest BCUT2D eigenvalue weighted by atomic mass is 35.5. The van der Waals surface area contributed by atoms with Crippen molar-refractivity contribution in [2.24, 2.45) is 0 Å². The Hall–Kier alpha value is -0.250. The molecule has 0 aliphatic carbocycles. The molecule has 2 aromatic rings. The molecule has 1 heterocycles. The molecule has 0 radical (unpaired) electrons. The second kappa shape index (κ2) is 6.47. The molecule has 2 aromatic carbocycles. The van der Waals surface area contributed by atoms with Crippen molar-refractivity contribution in [1.82, 2.24) is 0 Å². The van der Waals surface area contributed by atoms with E-state index >= 15 is 0 Å². The summed E-state index contributed by atoms with van der Waals surface area (Å²) in [6.07, 6.45) is 0.995. The zero-order chi connectivity index (χ0) is 15.0. The van der Waals surface area contributed by atoms with Gasteiger partial charge in [-0.2, -0.15) is 0 Å². The van der Waals surface area contributed by atoms with E-state index in [4.69, 9.17) is 46.4 Å². The van der Waals surface area contributed by atoms with E-state index in [2.05, 4.69) is 11.4 Å². The molecule has 1 aliphatic rings. The van der Waals surface area contributed by atoms with Gasteiger partial charge in [0.15, 0.2) is 0 Å². The summed E-state index contributed by atoms with van der Waals surface area (Å²) in [7, 11) is 0. The van der Waals surface area contributed by atoms with E-state index in [1.54, 1.807) is 12.1 Å². The molecule has 0 saturated heterocycles. The molecule has 1 aliphatic heterocycles. The van der Waals surface area contributed by atoms with Gasteiger partial charge in [0.2, 0.25) is 0 Å². The van der Waals surface area contributed by atoms with E-state index in [-0.39, 0.29) is 6.04 Å². The van der Waals surface area contributed by atoms with Crippen LogP contribution in [0.1, 0.15) is 18.0 Å². The molecule has 0 spiro atoms. The predicted molar refractivity (Wildman–Crippen MR) is 94.6 cm³/mol. The molecule has 0 fully saturated rings. The summed E-state index contributed by atoms with van der Waals surface area (Å²) in [6.45, 7) is 0. The van der Waals surface area contributed by atoms with Crippen LogP contribution in [0.2, 0.25) is 20.1 Å². The average molecular weight is 379 g/mol. The fourth-order valence-corrected chi connectivity index (χ4v) is 4.22. The van der Waals surface area contributed by atoms with Crippen LogP contribution in [0.4, 0.5) is 5.69 Å². The molecular formula is C15H11Cl4NS. The van der Waals surface area contributed by atoms with Crippen molar-refractivity contribution in [2.45, 2.75) is 17.4 Å².